The third kappa shape index (κ3) is 7.16. The van der Waals surface area contributed by atoms with Gasteiger partial charge >= 0.3 is 5.97 Å². The second kappa shape index (κ2) is 11.9. The standard InChI is InChI=1S/C24H28ClN3O2/c1-4-30-23(29)15-20(18-10-12-21(25)13-11-18)16-28-24(26)17(2)14-22(27-3)19-8-6-5-7-9-19/h5-14,20H,4,15-16H2,1-3H3,(H2,26,28)/b17-14-,27-22+. The van der Waals surface area contributed by atoms with Gasteiger partial charge < -0.3 is 10.5 Å². The van der Waals surface area contributed by atoms with E-state index in [9.17, 15) is 4.79 Å². The third-order valence-corrected chi connectivity index (χ3v) is 4.86. The van der Waals surface area contributed by atoms with Crippen LogP contribution in [0.15, 0.2) is 76.2 Å². The highest BCUT2D eigenvalue weighted by Crippen LogP contribution is 2.23. The van der Waals surface area contributed by atoms with E-state index < -0.39 is 0 Å². The van der Waals surface area contributed by atoms with Crippen LogP contribution >= 0.6 is 11.6 Å². The zero-order valence-corrected chi connectivity index (χ0v) is 18.4. The van der Waals surface area contributed by atoms with E-state index in [4.69, 9.17) is 22.1 Å². The number of carbonyl (C=O) groups is 1. The summed E-state index contributed by atoms with van der Waals surface area (Å²) < 4.78 is 5.12. The van der Waals surface area contributed by atoms with Crippen LogP contribution in [0.3, 0.4) is 0 Å². The molecule has 2 rings (SSSR count). The first-order valence-corrected chi connectivity index (χ1v) is 10.2. The average molecular weight is 426 g/mol. The maximum absolute atomic E-state index is 12.1. The van der Waals surface area contributed by atoms with E-state index in [0.717, 1.165) is 22.4 Å². The number of amidine groups is 1. The quantitative estimate of drug-likeness (QED) is 0.356. The summed E-state index contributed by atoms with van der Waals surface area (Å²) in [6.07, 6.45) is 2.14. The van der Waals surface area contributed by atoms with E-state index in [1.54, 1.807) is 26.1 Å². The summed E-state index contributed by atoms with van der Waals surface area (Å²) in [5.74, 6) is -0.000952. The molecule has 1 atom stereocenters. The van der Waals surface area contributed by atoms with E-state index in [-0.39, 0.29) is 18.3 Å². The van der Waals surface area contributed by atoms with Gasteiger partial charge in [-0.25, -0.2) is 0 Å². The highest BCUT2D eigenvalue weighted by atomic mass is 35.5. The molecule has 0 aliphatic rings. The monoisotopic (exact) mass is 425 g/mol. The van der Waals surface area contributed by atoms with E-state index in [1.165, 1.54) is 0 Å². The van der Waals surface area contributed by atoms with Crippen LogP contribution < -0.4 is 5.73 Å². The molecule has 2 N–H and O–H groups in total. The van der Waals surface area contributed by atoms with Crippen molar-refractivity contribution < 1.29 is 9.53 Å². The molecule has 6 heteroatoms. The molecule has 158 valence electrons. The minimum absolute atomic E-state index is 0.152. The number of carbonyl (C=O) groups excluding carboxylic acids is 1. The van der Waals surface area contributed by atoms with E-state index in [2.05, 4.69) is 9.98 Å². The van der Waals surface area contributed by atoms with Gasteiger partial charge in [0.25, 0.3) is 0 Å². The molecule has 0 spiro atoms. The average Bonchev–Trinajstić information content (AvgIpc) is 2.76. The van der Waals surface area contributed by atoms with Gasteiger partial charge in [0.05, 0.1) is 18.7 Å². The summed E-state index contributed by atoms with van der Waals surface area (Å²) >= 11 is 6.00. The molecule has 2 aromatic carbocycles. The van der Waals surface area contributed by atoms with Gasteiger partial charge in [0, 0.05) is 24.5 Å². The number of nitrogens with two attached hydrogens (primary N) is 1. The molecule has 0 amide bonds. The lowest BCUT2D eigenvalue weighted by molar-refractivity contribution is -0.143. The minimum atomic E-state index is -0.261. The molecule has 0 aliphatic heterocycles. The van der Waals surface area contributed by atoms with Crippen molar-refractivity contribution in [3.05, 3.63) is 82.4 Å². The molecular formula is C24H28ClN3O2. The Morgan fingerprint density at radius 3 is 2.43 bits per heavy atom. The predicted octanol–water partition coefficient (Wildman–Crippen LogP) is 4.80. The number of esters is 1. The van der Waals surface area contributed by atoms with Crippen LogP contribution in [0.25, 0.3) is 0 Å². The molecule has 0 aliphatic carbocycles. The lowest BCUT2D eigenvalue weighted by Gasteiger charge is -2.15. The van der Waals surface area contributed by atoms with Crippen LogP contribution in [0.2, 0.25) is 5.02 Å². The van der Waals surface area contributed by atoms with Crippen molar-refractivity contribution in [3.63, 3.8) is 0 Å². The van der Waals surface area contributed by atoms with Gasteiger partial charge in [0.1, 0.15) is 5.84 Å². The zero-order chi connectivity index (χ0) is 21.9. The highest BCUT2D eigenvalue weighted by molar-refractivity contribution is 6.30. The largest absolute Gasteiger partial charge is 0.466 e. The lowest BCUT2D eigenvalue weighted by Crippen LogP contribution is -2.18. The molecule has 0 aromatic heterocycles. The molecule has 5 nitrogen and oxygen atoms in total. The number of halogens is 1. The Labute approximate surface area is 183 Å². The second-order valence-corrected chi connectivity index (χ2v) is 7.22. The van der Waals surface area contributed by atoms with Gasteiger partial charge in [-0.3, -0.25) is 14.8 Å². The van der Waals surface area contributed by atoms with Gasteiger partial charge in [-0.2, -0.15) is 0 Å². The number of allylic oxidation sites excluding steroid dienone is 1. The Balaban J connectivity index is 2.19. The highest BCUT2D eigenvalue weighted by Gasteiger charge is 2.17. The first-order chi connectivity index (χ1) is 14.4. The molecule has 0 bridgehead atoms. The van der Waals surface area contributed by atoms with E-state index >= 15 is 0 Å². The molecule has 0 saturated heterocycles. The van der Waals surface area contributed by atoms with Crippen molar-refractivity contribution in [1.29, 1.82) is 0 Å². The van der Waals surface area contributed by atoms with Crippen molar-refractivity contribution in [2.75, 3.05) is 20.2 Å². The first-order valence-electron chi connectivity index (χ1n) is 9.86. The van der Waals surface area contributed by atoms with Gasteiger partial charge in [-0.05, 0) is 48.8 Å². The molecule has 0 fully saturated rings. The first kappa shape index (κ1) is 23.4. The summed E-state index contributed by atoms with van der Waals surface area (Å²) in [6, 6.07) is 17.3. The summed E-state index contributed by atoms with van der Waals surface area (Å²) in [4.78, 5) is 21.0. The maximum Gasteiger partial charge on any atom is 0.306 e. The Kier molecular flexibility index (Phi) is 9.29. The number of nitrogens with zero attached hydrogens (tertiary/aromatic N) is 2. The number of rotatable bonds is 9. The van der Waals surface area contributed by atoms with Crippen molar-refractivity contribution in [2.24, 2.45) is 15.7 Å². The van der Waals surface area contributed by atoms with Crippen molar-refractivity contribution in [3.8, 4) is 0 Å². The summed E-state index contributed by atoms with van der Waals surface area (Å²) in [6.45, 7) is 4.40. The van der Waals surface area contributed by atoms with Crippen LogP contribution in [0.5, 0.6) is 0 Å². The topological polar surface area (TPSA) is 77.0 Å². The number of hydrogen-bond acceptors (Lipinski definition) is 4. The van der Waals surface area contributed by atoms with Crippen LogP contribution in [-0.2, 0) is 9.53 Å². The summed E-state index contributed by atoms with van der Waals surface area (Å²) in [5, 5.41) is 0.641. The fraction of sp³-hybridized carbons (Fsp3) is 0.292. The molecular weight excluding hydrogens is 398 g/mol. The van der Waals surface area contributed by atoms with Gasteiger partial charge in [-0.15, -0.1) is 0 Å². The van der Waals surface area contributed by atoms with Crippen LogP contribution in [-0.4, -0.2) is 37.7 Å². The van der Waals surface area contributed by atoms with Crippen molar-refractivity contribution >= 4 is 29.1 Å². The van der Waals surface area contributed by atoms with Crippen molar-refractivity contribution in [1.82, 2.24) is 0 Å². The van der Waals surface area contributed by atoms with Crippen LogP contribution in [0.1, 0.15) is 37.3 Å². The van der Waals surface area contributed by atoms with E-state index in [1.807, 2.05) is 55.5 Å². The van der Waals surface area contributed by atoms with Gasteiger partial charge in [0.15, 0.2) is 0 Å². The predicted molar refractivity (Wildman–Crippen MR) is 125 cm³/mol. The number of hydrogen-bond donors (Lipinski definition) is 1. The van der Waals surface area contributed by atoms with Gasteiger partial charge in [-0.1, -0.05) is 54.1 Å². The van der Waals surface area contributed by atoms with Crippen LogP contribution in [0, 0.1) is 0 Å². The third-order valence-electron chi connectivity index (χ3n) is 4.61. The SMILES string of the molecule is CCOC(=O)CC(C/N=C(N)/C(C)=C\C(=N/C)c1ccccc1)c1ccc(Cl)cc1. The Bertz CT molecular complexity index is 919. The smallest absolute Gasteiger partial charge is 0.306 e. The minimum Gasteiger partial charge on any atom is -0.466 e. The fourth-order valence-electron chi connectivity index (χ4n) is 2.94. The zero-order valence-electron chi connectivity index (χ0n) is 17.6. The van der Waals surface area contributed by atoms with Crippen molar-refractivity contribution in [2.45, 2.75) is 26.2 Å². The molecule has 2 aromatic rings. The Morgan fingerprint density at radius 2 is 1.83 bits per heavy atom. The Morgan fingerprint density at radius 1 is 1.17 bits per heavy atom. The molecule has 0 saturated carbocycles. The normalized spacial score (nSPS) is 13.8. The second-order valence-electron chi connectivity index (χ2n) is 6.79. The van der Waals surface area contributed by atoms with E-state index in [0.29, 0.717) is 24.0 Å². The molecule has 0 radical (unpaired) electrons. The summed E-state index contributed by atoms with van der Waals surface area (Å²) in [7, 11) is 1.75. The summed E-state index contributed by atoms with van der Waals surface area (Å²) in [5.41, 5.74) is 9.84. The number of ether oxygens (including phenoxy) is 1. The van der Waals surface area contributed by atoms with Gasteiger partial charge in [0.2, 0.25) is 0 Å². The maximum atomic E-state index is 12.1. The van der Waals surface area contributed by atoms with Crippen LogP contribution in [0.4, 0.5) is 0 Å². The lowest BCUT2D eigenvalue weighted by atomic mass is 9.96. The molecule has 1 unspecified atom stereocenters. The Hall–Kier alpha value is -2.92. The number of aliphatic imine (C=N–C) groups is 2. The molecule has 0 heterocycles. The number of benzene rings is 2. The fourth-order valence-corrected chi connectivity index (χ4v) is 3.07. The molecule has 30 heavy (non-hydrogen) atoms.